The Kier molecular flexibility index (Phi) is 7.43. The third kappa shape index (κ3) is 5.81. The van der Waals surface area contributed by atoms with Gasteiger partial charge in [0.05, 0.1) is 18.4 Å². The molecule has 0 saturated heterocycles. The van der Waals surface area contributed by atoms with Crippen molar-refractivity contribution in [3.05, 3.63) is 94.0 Å². The number of rotatable bonds is 7. The summed E-state index contributed by atoms with van der Waals surface area (Å²) in [6, 6.07) is 22.5. The number of hydrogen-bond donors (Lipinski definition) is 2. The van der Waals surface area contributed by atoms with Gasteiger partial charge in [0.15, 0.2) is 5.11 Å². The van der Waals surface area contributed by atoms with Gasteiger partial charge >= 0.3 is 5.97 Å². The lowest BCUT2D eigenvalue weighted by atomic mass is 10.1. The molecule has 154 valence electrons. The van der Waals surface area contributed by atoms with Gasteiger partial charge in [0.1, 0.15) is 5.75 Å². The summed E-state index contributed by atoms with van der Waals surface area (Å²) in [4.78, 5) is 13.1. The van der Waals surface area contributed by atoms with Gasteiger partial charge in [-0.2, -0.15) is 0 Å². The molecular weight excluding hydrogens is 464 g/mol. The van der Waals surface area contributed by atoms with E-state index in [2.05, 4.69) is 21.2 Å². The van der Waals surface area contributed by atoms with Gasteiger partial charge in [-0.3, -0.25) is 0 Å². The van der Waals surface area contributed by atoms with E-state index < -0.39 is 5.97 Å². The lowest BCUT2D eigenvalue weighted by Crippen LogP contribution is -2.34. The number of carboxylic acids is 1. The first kappa shape index (κ1) is 21.8. The fourth-order valence-electron chi connectivity index (χ4n) is 2.92. The third-order valence-electron chi connectivity index (χ3n) is 4.50. The maximum absolute atomic E-state index is 11.1. The molecule has 0 aliphatic rings. The summed E-state index contributed by atoms with van der Waals surface area (Å²) < 4.78 is 6.42. The predicted molar refractivity (Wildman–Crippen MR) is 126 cm³/mol. The van der Waals surface area contributed by atoms with Crippen LogP contribution in [0.3, 0.4) is 0 Å². The van der Waals surface area contributed by atoms with Gasteiger partial charge in [-0.1, -0.05) is 52.3 Å². The number of hydrogen-bond acceptors (Lipinski definition) is 3. The van der Waals surface area contributed by atoms with Crippen LogP contribution in [0.4, 0.5) is 5.69 Å². The molecule has 0 bridgehead atoms. The van der Waals surface area contributed by atoms with Crippen molar-refractivity contribution in [2.45, 2.75) is 13.1 Å². The number of carboxylic acid groups (broad SMARTS) is 1. The Morgan fingerprint density at radius 2 is 1.57 bits per heavy atom. The van der Waals surface area contributed by atoms with E-state index in [0.717, 1.165) is 21.3 Å². The quantitative estimate of drug-likeness (QED) is 0.428. The second-order valence-corrected chi connectivity index (χ2v) is 7.92. The number of para-hydroxylation sites is 2. The van der Waals surface area contributed by atoms with Crippen LogP contribution in [-0.2, 0) is 13.1 Å². The van der Waals surface area contributed by atoms with E-state index in [1.165, 1.54) is 0 Å². The summed E-state index contributed by atoms with van der Waals surface area (Å²) in [6.07, 6.45) is 0. The molecule has 0 amide bonds. The molecule has 0 heterocycles. The Morgan fingerprint density at radius 1 is 1.00 bits per heavy atom. The molecule has 30 heavy (non-hydrogen) atoms. The molecule has 0 fully saturated rings. The molecular formula is C23H21BrN2O3S. The number of nitrogens with zero attached hydrogens (tertiary/aromatic N) is 1. The highest BCUT2D eigenvalue weighted by Gasteiger charge is 2.14. The van der Waals surface area contributed by atoms with E-state index in [-0.39, 0.29) is 5.56 Å². The van der Waals surface area contributed by atoms with E-state index in [1.54, 1.807) is 19.2 Å². The first-order chi connectivity index (χ1) is 14.5. The monoisotopic (exact) mass is 484 g/mol. The van der Waals surface area contributed by atoms with Crippen LogP contribution in [0, 0.1) is 0 Å². The van der Waals surface area contributed by atoms with Gasteiger partial charge in [-0.25, -0.2) is 4.79 Å². The molecule has 3 aromatic carbocycles. The number of thiocarbonyl (C=S) groups is 1. The summed E-state index contributed by atoms with van der Waals surface area (Å²) in [5.41, 5.74) is 3.10. The van der Waals surface area contributed by atoms with Crippen molar-refractivity contribution in [1.82, 2.24) is 4.90 Å². The van der Waals surface area contributed by atoms with Gasteiger partial charge in [-0.05, 0) is 59.7 Å². The second-order valence-electron chi connectivity index (χ2n) is 6.62. The SMILES string of the molecule is COc1ccccc1NC(=S)N(Cc1ccc(Br)cc1)Cc1ccc(C(=O)O)cc1. The third-order valence-corrected chi connectivity index (χ3v) is 5.39. The standard InChI is InChI=1S/C23H21BrN2O3S/c1-29-21-5-3-2-4-20(21)25-23(30)26(15-17-8-12-19(24)13-9-17)14-16-6-10-18(11-7-16)22(27)28/h2-13H,14-15H2,1H3,(H,25,30)(H,27,28). The van der Waals surface area contributed by atoms with Gasteiger partial charge in [0, 0.05) is 17.6 Å². The van der Waals surface area contributed by atoms with Crippen molar-refractivity contribution < 1.29 is 14.6 Å². The number of ether oxygens (including phenoxy) is 1. The first-order valence-corrected chi connectivity index (χ1v) is 10.4. The lowest BCUT2D eigenvalue weighted by Gasteiger charge is -2.27. The van der Waals surface area contributed by atoms with Gasteiger partial charge in [-0.15, -0.1) is 0 Å². The van der Waals surface area contributed by atoms with E-state index in [1.807, 2.05) is 65.6 Å². The fraction of sp³-hybridized carbons (Fsp3) is 0.130. The maximum Gasteiger partial charge on any atom is 0.335 e. The average molecular weight is 485 g/mol. The Labute approximate surface area is 189 Å². The van der Waals surface area contributed by atoms with Crippen LogP contribution in [0.25, 0.3) is 0 Å². The Bertz CT molecular complexity index is 1020. The minimum atomic E-state index is -0.943. The number of benzene rings is 3. The Balaban J connectivity index is 1.83. The molecule has 0 aliphatic carbocycles. The lowest BCUT2D eigenvalue weighted by molar-refractivity contribution is 0.0697. The minimum absolute atomic E-state index is 0.257. The van der Waals surface area contributed by atoms with Crippen LogP contribution in [0.5, 0.6) is 5.75 Å². The van der Waals surface area contributed by atoms with Crippen molar-refractivity contribution in [1.29, 1.82) is 0 Å². The van der Waals surface area contributed by atoms with E-state index in [4.69, 9.17) is 22.1 Å². The molecule has 5 nitrogen and oxygen atoms in total. The molecule has 0 atom stereocenters. The van der Waals surface area contributed by atoms with Gasteiger partial charge in [0.25, 0.3) is 0 Å². The molecule has 0 aliphatic heterocycles. The largest absolute Gasteiger partial charge is 0.495 e. The predicted octanol–water partition coefficient (Wildman–Crippen LogP) is 5.56. The number of halogens is 1. The second kappa shape index (κ2) is 10.2. The molecule has 0 spiro atoms. The van der Waals surface area contributed by atoms with Crippen LogP contribution in [0.2, 0.25) is 0 Å². The van der Waals surface area contributed by atoms with Crippen LogP contribution in [0.1, 0.15) is 21.5 Å². The summed E-state index contributed by atoms with van der Waals surface area (Å²) >= 11 is 9.17. The van der Waals surface area contributed by atoms with Crippen LogP contribution < -0.4 is 10.1 Å². The number of nitrogens with one attached hydrogen (secondary N) is 1. The van der Waals surface area contributed by atoms with Gasteiger partial charge in [0.2, 0.25) is 0 Å². The van der Waals surface area contributed by atoms with Crippen LogP contribution in [-0.4, -0.2) is 28.2 Å². The zero-order valence-corrected chi connectivity index (χ0v) is 18.7. The fourth-order valence-corrected chi connectivity index (χ4v) is 3.43. The normalized spacial score (nSPS) is 10.3. The molecule has 3 aromatic rings. The number of carbonyl (C=O) groups is 1. The highest BCUT2D eigenvalue weighted by molar-refractivity contribution is 9.10. The van der Waals surface area contributed by atoms with Crippen molar-refractivity contribution in [3.63, 3.8) is 0 Å². The van der Waals surface area contributed by atoms with Gasteiger partial charge < -0.3 is 20.1 Å². The molecule has 3 rings (SSSR count). The Morgan fingerprint density at radius 3 is 2.13 bits per heavy atom. The summed E-state index contributed by atoms with van der Waals surface area (Å²) in [6.45, 7) is 1.12. The zero-order chi connectivity index (χ0) is 21.5. The molecule has 2 N–H and O–H groups in total. The van der Waals surface area contributed by atoms with E-state index in [9.17, 15) is 4.79 Å². The highest BCUT2D eigenvalue weighted by atomic mass is 79.9. The van der Waals surface area contributed by atoms with Crippen molar-refractivity contribution in [2.75, 3.05) is 12.4 Å². The Hall–Kier alpha value is -2.90. The molecule has 0 radical (unpaired) electrons. The van der Waals surface area contributed by atoms with E-state index in [0.29, 0.717) is 24.0 Å². The maximum atomic E-state index is 11.1. The first-order valence-electron chi connectivity index (χ1n) is 9.22. The number of anilines is 1. The van der Waals surface area contributed by atoms with Crippen molar-refractivity contribution >= 4 is 44.9 Å². The molecule has 0 aromatic heterocycles. The number of methoxy groups -OCH3 is 1. The minimum Gasteiger partial charge on any atom is -0.495 e. The van der Waals surface area contributed by atoms with Crippen molar-refractivity contribution in [2.24, 2.45) is 0 Å². The average Bonchev–Trinajstić information content (AvgIpc) is 2.75. The van der Waals surface area contributed by atoms with E-state index >= 15 is 0 Å². The summed E-state index contributed by atoms with van der Waals surface area (Å²) in [5.74, 6) is -0.240. The molecule has 0 unspecified atom stereocenters. The van der Waals surface area contributed by atoms with Crippen LogP contribution >= 0.6 is 28.1 Å². The smallest absolute Gasteiger partial charge is 0.335 e. The van der Waals surface area contributed by atoms with Crippen LogP contribution in [0.15, 0.2) is 77.3 Å². The summed E-state index contributed by atoms with van der Waals surface area (Å²) in [7, 11) is 1.62. The molecule has 7 heteroatoms. The molecule has 0 saturated carbocycles. The zero-order valence-electron chi connectivity index (χ0n) is 16.3. The highest BCUT2D eigenvalue weighted by Crippen LogP contribution is 2.24. The van der Waals surface area contributed by atoms with Crippen molar-refractivity contribution in [3.8, 4) is 5.75 Å². The summed E-state index contributed by atoms with van der Waals surface area (Å²) in [5, 5.41) is 12.9. The topological polar surface area (TPSA) is 61.8 Å². The number of aromatic carboxylic acids is 1.